The highest BCUT2D eigenvalue weighted by molar-refractivity contribution is 7.10. The molecule has 172 valence electrons. The zero-order valence-corrected chi connectivity index (χ0v) is 20.3. The normalized spacial score (nSPS) is 21.1. The lowest BCUT2D eigenvalue weighted by Gasteiger charge is -2.10. The summed E-state index contributed by atoms with van der Waals surface area (Å²) in [6.45, 7) is 0.965. The van der Waals surface area contributed by atoms with E-state index in [9.17, 15) is 4.79 Å². The highest BCUT2D eigenvalue weighted by Crippen LogP contribution is 2.65. The van der Waals surface area contributed by atoms with Gasteiger partial charge in [-0.15, -0.1) is 11.3 Å². The predicted octanol–water partition coefficient (Wildman–Crippen LogP) is 5.85. The van der Waals surface area contributed by atoms with Crippen LogP contribution in [0.5, 0.6) is 5.75 Å². The van der Waals surface area contributed by atoms with Crippen molar-refractivity contribution in [1.82, 2.24) is 9.88 Å². The number of H-pyrrole nitrogens is 1. The van der Waals surface area contributed by atoms with Crippen LogP contribution >= 0.6 is 11.3 Å². The monoisotopic (exact) mass is 469 g/mol. The number of carbonyl (C=O) groups is 1. The molecule has 2 aliphatic rings. The quantitative estimate of drug-likeness (QED) is 0.373. The van der Waals surface area contributed by atoms with Crippen molar-refractivity contribution in [2.75, 3.05) is 26.5 Å². The molecule has 0 bridgehead atoms. The van der Waals surface area contributed by atoms with E-state index in [0.29, 0.717) is 0 Å². The lowest BCUT2D eigenvalue weighted by Crippen LogP contribution is -2.21. The topological polar surface area (TPSA) is 57.4 Å². The Kier molecular flexibility index (Phi) is 4.90. The number of nitrogens with zero attached hydrogens (tertiary/aromatic N) is 1. The third-order valence-electron chi connectivity index (χ3n) is 7.06. The van der Waals surface area contributed by atoms with Crippen LogP contribution in [-0.2, 0) is 16.8 Å². The van der Waals surface area contributed by atoms with Crippen LogP contribution in [0, 0.1) is 0 Å². The van der Waals surface area contributed by atoms with Gasteiger partial charge in [-0.05, 0) is 78.5 Å². The van der Waals surface area contributed by atoms with Crippen molar-refractivity contribution in [3.05, 3.63) is 81.2 Å². The molecule has 1 fully saturated rings. The van der Waals surface area contributed by atoms with Crippen LogP contribution in [-0.4, -0.2) is 37.0 Å². The second-order valence-corrected chi connectivity index (χ2v) is 10.6. The molecule has 1 unspecified atom stereocenters. The SMILES string of the molecule is COc1ccc2c(c1)[C@]1(CC1c1ccc3c(C=Cc4csc(CN(C)C)c4)c[nH]c3c1)C(=O)N2. The first kappa shape index (κ1) is 21.2. The number of ether oxygens (including phenoxy) is 1. The van der Waals surface area contributed by atoms with Gasteiger partial charge in [-0.2, -0.15) is 0 Å². The molecule has 3 heterocycles. The van der Waals surface area contributed by atoms with Gasteiger partial charge < -0.3 is 19.9 Å². The van der Waals surface area contributed by atoms with Crippen LogP contribution < -0.4 is 10.1 Å². The number of methoxy groups -OCH3 is 1. The Morgan fingerprint density at radius 1 is 1.18 bits per heavy atom. The fraction of sp³-hybridized carbons (Fsp3) is 0.250. The Labute approximate surface area is 203 Å². The average molecular weight is 470 g/mol. The minimum absolute atomic E-state index is 0.0976. The molecular formula is C28H27N3O2S. The molecule has 1 spiro atoms. The van der Waals surface area contributed by atoms with Gasteiger partial charge in [-0.3, -0.25) is 4.79 Å². The van der Waals surface area contributed by atoms with Crippen molar-refractivity contribution in [2.45, 2.75) is 24.3 Å². The van der Waals surface area contributed by atoms with Gasteiger partial charge in [0, 0.05) is 40.1 Å². The number of carbonyl (C=O) groups excluding carboxylic acids is 1. The smallest absolute Gasteiger partial charge is 0.235 e. The molecule has 6 heteroatoms. The van der Waals surface area contributed by atoms with Crippen LogP contribution in [0.25, 0.3) is 23.1 Å². The number of fused-ring (bicyclic) bond motifs is 3. The Balaban J connectivity index is 1.26. The molecule has 4 aromatic rings. The van der Waals surface area contributed by atoms with E-state index in [1.807, 2.05) is 18.2 Å². The van der Waals surface area contributed by atoms with Gasteiger partial charge in [0.1, 0.15) is 5.75 Å². The number of rotatable bonds is 6. The van der Waals surface area contributed by atoms with E-state index in [1.54, 1.807) is 18.4 Å². The average Bonchev–Trinajstić information content (AvgIpc) is 3.06. The minimum atomic E-state index is -0.476. The minimum Gasteiger partial charge on any atom is -0.497 e. The number of thiophene rings is 1. The number of hydrogen-bond donors (Lipinski definition) is 2. The van der Waals surface area contributed by atoms with Gasteiger partial charge in [0.2, 0.25) is 5.91 Å². The molecule has 0 saturated heterocycles. The molecular weight excluding hydrogens is 442 g/mol. The number of nitrogens with one attached hydrogen (secondary N) is 2. The van der Waals surface area contributed by atoms with E-state index in [2.05, 4.69) is 77.3 Å². The lowest BCUT2D eigenvalue weighted by molar-refractivity contribution is -0.118. The summed E-state index contributed by atoms with van der Waals surface area (Å²) < 4.78 is 5.42. The van der Waals surface area contributed by atoms with Crippen molar-refractivity contribution in [2.24, 2.45) is 0 Å². The molecule has 1 aliphatic heterocycles. The first-order chi connectivity index (χ1) is 16.5. The fourth-order valence-electron chi connectivity index (χ4n) is 5.29. The van der Waals surface area contributed by atoms with E-state index >= 15 is 0 Å². The lowest BCUT2D eigenvalue weighted by atomic mass is 9.91. The number of hydrogen-bond acceptors (Lipinski definition) is 4. The maximum Gasteiger partial charge on any atom is 0.235 e. The third kappa shape index (κ3) is 3.37. The molecule has 2 atom stereocenters. The first-order valence-electron chi connectivity index (χ1n) is 11.5. The summed E-state index contributed by atoms with van der Waals surface area (Å²) in [6.07, 6.45) is 7.23. The van der Waals surface area contributed by atoms with Gasteiger partial charge in [0.05, 0.1) is 12.5 Å². The van der Waals surface area contributed by atoms with Crippen LogP contribution in [0.1, 0.15) is 39.5 Å². The van der Waals surface area contributed by atoms with E-state index in [-0.39, 0.29) is 11.8 Å². The van der Waals surface area contributed by atoms with Crippen molar-refractivity contribution in [3.63, 3.8) is 0 Å². The molecule has 2 aromatic carbocycles. The van der Waals surface area contributed by atoms with E-state index < -0.39 is 5.41 Å². The van der Waals surface area contributed by atoms with Gasteiger partial charge >= 0.3 is 0 Å². The summed E-state index contributed by atoms with van der Waals surface area (Å²) in [5.74, 6) is 1.06. The summed E-state index contributed by atoms with van der Waals surface area (Å²) in [7, 11) is 5.84. The van der Waals surface area contributed by atoms with Crippen LogP contribution in [0.4, 0.5) is 5.69 Å². The van der Waals surface area contributed by atoms with Crippen molar-refractivity contribution < 1.29 is 9.53 Å². The number of aromatic amines is 1. The van der Waals surface area contributed by atoms with Crippen LogP contribution in [0.2, 0.25) is 0 Å². The Morgan fingerprint density at radius 2 is 2.06 bits per heavy atom. The Hall–Kier alpha value is -3.35. The fourth-order valence-corrected chi connectivity index (χ4v) is 6.26. The third-order valence-corrected chi connectivity index (χ3v) is 8.00. The van der Waals surface area contributed by atoms with Gasteiger partial charge in [-0.25, -0.2) is 0 Å². The molecule has 0 radical (unpaired) electrons. The number of aromatic nitrogens is 1. The molecule has 2 aromatic heterocycles. The molecule has 1 saturated carbocycles. The Bertz CT molecular complexity index is 1450. The maximum atomic E-state index is 13.0. The summed E-state index contributed by atoms with van der Waals surface area (Å²) in [6, 6.07) is 14.7. The Morgan fingerprint density at radius 3 is 2.88 bits per heavy atom. The van der Waals surface area contributed by atoms with E-state index in [4.69, 9.17) is 4.74 Å². The summed E-state index contributed by atoms with van der Waals surface area (Å²) in [4.78, 5) is 20.0. The van der Waals surface area contributed by atoms with Crippen molar-refractivity contribution >= 4 is 46.0 Å². The molecule has 6 rings (SSSR count). The first-order valence-corrected chi connectivity index (χ1v) is 12.4. The maximum absolute atomic E-state index is 13.0. The van der Waals surface area contributed by atoms with Crippen molar-refractivity contribution in [1.29, 1.82) is 0 Å². The number of anilines is 1. The molecule has 1 aliphatic carbocycles. The zero-order valence-electron chi connectivity index (χ0n) is 19.5. The predicted molar refractivity (Wildman–Crippen MR) is 140 cm³/mol. The molecule has 5 nitrogen and oxygen atoms in total. The van der Waals surface area contributed by atoms with Gasteiger partial charge in [0.15, 0.2) is 0 Å². The van der Waals surface area contributed by atoms with Crippen LogP contribution in [0.3, 0.4) is 0 Å². The standard InChI is InChI=1S/C28H27N3O2S/c1-31(2)15-21-10-17(16-34-21)4-5-19-14-29-26-11-18(6-8-22(19)26)24-13-28(24)23-12-20(33-3)7-9-25(23)30-27(28)32/h4-12,14,16,24,29H,13,15H2,1-3H3,(H,30,32)/t24?,28-/m0/s1. The summed E-state index contributed by atoms with van der Waals surface area (Å²) in [5.41, 5.74) is 6.18. The highest BCUT2D eigenvalue weighted by Gasteiger charge is 2.65. The van der Waals surface area contributed by atoms with Gasteiger partial charge in [-0.1, -0.05) is 24.3 Å². The number of benzene rings is 2. The second-order valence-electron chi connectivity index (χ2n) is 9.56. The number of amides is 1. The van der Waals surface area contributed by atoms with E-state index in [0.717, 1.165) is 35.5 Å². The van der Waals surface area contributed by atoms with Gasteiger partial charge in [0.25, 0.3) is 0 Å². The van der Waals surface area contributed by atoms with E-state index in [1.165, 1.54) is 27.0 Å². The van der Waals surface area contributed by atoms with Crippen molar-refractivity contribution in [3.8, 4) is 5.75 Å². The molecule has 34 heavy (non-hydrogen) atoms. The highest BCUT2D eigenvalue weighted by atomic mass is 32.1. The molecule has 2 N–H and O–H groups in total. The van der Waals surface area contributed by atoms with Crippen LogP contribution in [0.15, 0.2) is 54.0 Å². The largest absolute Gasteiger partial charge is 0.497 e. The summed E-state index contributed by atoms with van der Waals surface area (Å²) >= 11 is 1.80. The summed E-state index contributed by atoms with van der Waals surface area (Å²) in [5, 5.41) is 6.47. The second kappa shape index (κ2) is 7.86. The zero-order chi connectivity index (χ0) is 23.4. The molecule has 1 amide bonds.